The van der Waals surface area contributed by atoms with E-state index in [1.807, 2.05) is 6.07 Å². The molecule has 0 atom stereocenters. The molecule has 2 aromatic carbocycles. The van der Waals surface area contributed by atoms with Crippen molar-refractivity contribution in [3.05, 3.63) is 58.4 Å². The average Bonchev–Trinajstić information content (AvgIpc) is 2.45. The van der Waals surface area contributed by atoms with Gasteiger partial charge in [-0.2, -0.15) is 0 Å². The molecule has 4 nitrogen and oxygen atoms in total. The highest BCUT2D eigenvalue weighted by atomic mass is 35.5. The Labute approximate surface area is 126 Å². The third kappa shape index (κ3) is 3.64. The van der Waals surface area contributed by atoms with E-state index in [2.05, 4.69) is 10.1 Å². The van der Waals surface area contributed by atoms with Crippen LogP contribution >= 0.6 is 11.6 Å². The number of hydrogen-bond donors (Lipinski definition) is 2. The van der Waals surface area contributed by atoms with Crippen molar-refractivity contribution in [2.45, 2.75) is 6.54 Å². The summed E-state index contributed by atoms with van der Waals surface area (Å²) >= 11 is 5.88. The maximum atomic E-state index is 13.9. The van der Waals surface area contributed by atoms with Crippen molar-refractivity contribution in [3.8, 4) is 0 Å². The molecule has 0 unspecified atom stereocenters. The molecule has 0 amide bonds. The standard InChI is InChI=1S/C15H14ClFN2O2/c1-21-15(20)11-6-14(12(17)7-13(11)18)19-8-9-3-2-4-10(16)5-9/h2-7,19H,8,18H2,1H3. The summed E-state index contributed by atoms with van der Waals surface area (Å²) in [5, 5.41) is 3.51. The number of nitrogens with one attached hydrogen (secondary N) is 1. The van der Waals surface area contributed by atoms with Gasteiger partial charge in [0.05, 0.1) is 18.4 Å². The van der Waals surface area contributed by atoms with Gasteiger partial charge in [0.25, 0.3) is 0 Å². The summed E-state index contributed by atoms with van der Waals surface area (Å²) in [6.07, 6.45) is 0. The molecule has 0 radical (unpaired) electrons. The molecule has 0 saturated carbocycles. The molecule has 0 aliphatic heterocycles. The second-order valence-corrected chi connectivity index (χ2v) is 4.83. The molecule has 2 rings (SSSR count). The number of nitrogens with two attached hydrogens (primary N) is 1. The van der Waals surface area contributed by atoms with Crippen LogP contribution in [0.4, 0.5) is 15.8 Å². The van der Waals surface area contributed by atoms with Crippen LogP contribution < -0.4 is 11.1 Å². The van der Waals surface area contributed by atoms with E-state index in [1.165, 1.54) is 13.2 Å². The van der Waals surface area contributed by atoms with Crippen molar-refractivity contribution in [3.63, 3.8) is 0 Å². The first kappa shape index (κ1) is 15.1. The zero-order chi connectivity index (χ0) is 15.4. The molecule has 0 fully saturated rings. The van der Waals surface area contributed by atoms with Crippen molar-refractivity contribution >= 4 is 28.9 Å². The highest BCUT2D eigenvalue weighted by molar-refractivity contribution is 6.30. The first-order valence-corrected chi connectivity index (χ1v) is 6.54. The van der Waals surface area contributed by atoms with E-state index in [0.717, 1.165) is 11.6 Å². The second-order valence-electron chi connectivity index (χ2n) is 4.39. The second kappa shape index (κ2) is 6.45. The minimum atomic E-state index is -0.613. The fourth-order valence-electron chi connectivity index (χ4n) is 1.86. The smallest absolute Gasteiger partial charge is 0.340 e. The molecular formula is C15H14ClFN2O2. The number of halogens is 2. The van der Waals surface area contributed by atoms with Gasteiger partial charge < -0.3 is 15.8 Å². The Hall–Kier alpha value is -2.27. The Kier molecular flexibility index (Phi) is 4.65. The van der Waals surface area contributed by atoms with Crippen molar-refractivity contribution in [1.29, 1.82) is 0 Å². The quantitative estimate of drug-likeness (QED) is 0.670. The molecule has 0 aromatic heterocycles. The third-order valence-electron chi connectivity index (χ3n) is 2.92. The minimum Gasteiger partial charge on any atom is -0.465 e. The Morgan fingerprint density at radius 1 is 1.38 bits per heavy atom. The molecular weight excluding hydrogens is 295 g/mol. The Balaban J connectivity index is 2.21. The van der Waals surface area contributed by atoms with E-state index >= 15 is 0 Å². The molecule has 0 bridgehead atoms. The monoisotopic (exact) mass is 308 g/mol. The third-order valence-corrected chi connectivity index (χ3v) is 3.15. The van der Waals surface area contributed by atoms with Gasteiger partial charge in [-0.1, -0.05) is 23.7 Å². The number of carbonyl (C=O) groups excluding carboxylic acids is 1. The van der Waals surface area contributed by atoms with Gasteiger partial charge in [0.15, 0.2) is 0 Å². The first-order valence-electron chi connectivity index (χ1n) is 6.17. The van der Waals surface area contributed by atoms with E-state index in [4.69, 9.17) is 17.3 Å². The largest absolute Gasteiger partial charge is 0.465 e. The highest BCUT2D eigenvalue weighted by Gasteiger charge is 2.14. The van der Waals surface area contributed by atoms with Crippen molar-refractivity contribution in [2.24, 2.45) is 0 Å². The molecule has 0 heterocycles. The van der Waals surface area contributed by atoms with Crippen LogP contribution in [0.1, 0.15) is 15.9 Å². The molecule has 0 spiro atoms. The lowest BCUT2D eigenvalue weighted by atomic mass is 10.1. The number of hydrogen-bond acceptors (Lipinski definition) is 4. The summed E-state index contributed by atoms with van der Waals surface area (Å²) in [6.45, 7) is 0.363. The predicted molar refractivity (Wildman–Crippen MR) is 80.9 cm³/mol. The number of esters is 1. The summed E-state index contributed by atoms with van der Waals surface area (Å²) in [5.41, 5.74) is 6.82. The molecule has 0 aliphatic rings. The number of ether oxygens (including phenoxy) is 1. The molecule has 0 aliphatic carbocycles. The zero-order valence-electron chi connectivity index (χ0n) is 11.3. The van der Waals surface area contributed by atoms with Crippen LogP contribution in [0.2, 0.25) is 5.02 Å². The van der Waals surface area contributed by atoms with E-state index in [0.29, 0.717) is 11.6 Å². The lowest BCUT2D eigenvalue weighted by Crippen LogP contribution is -2.09. The van der Waals surface area contributed by atoms with Gasteiger partial charge in [0, 0.05) is 17.3 Å². The van der Waals surface area contributed by atoms with Gasteiger partial charge in [-0.3, -0.25) is 0 Å². The molecule has 0 saturated heterocycles. The molecule has 6 heteroatoms. The van der Waals surface area contributed by atoms with Gasteiger partial charge in [-0.25, -0.2) is 9.18 Å². The summed E-state index contributed by atoms with van der Waals surface area (Å²) in [7, 11) is 1.24. The molecule has 3 N–H and O–H groups in total. The van der Waals surface area contributed by atoms with Gasteiger partial charge in [0.2, 0.25) is 0 Å². The van der Waals surface area contributed by atoms with Gasteiger partial charge in [-0.05, 0) is 29.8 Å². The van der Waals surface area contributed by atoms with Gasteiger partial charge in [0.1, 0.15) is 5.82 Å². The Morgan fingerprint density at radius 3 is 2.81 bits per heavy atom. The average molecular weight is 309 g/mol. The number of rotatable bonds is 4. The molecule has 2 aromatic rings. The van der Waals surface area contributed by atoms with Crippen molar-refractivity contribution in [1.82, 2.24) is 0 Å². The van der Waals surface area contributed by atoms with Crippen molar-refractivity contribution < 1.29 is 13.9 Å². The predicted octanol–water partition coefficient (Wildman–Crippen LogP) is 3.46. The SMILES string of the molecule is COC(=O)c1cc(NCc2cccc(Cl)c2)c(F)cc1N. The van der Waals surface area contributed by atoms with Crippen LogP contribution in [0.5, 0.6) is 0 Å². The van der Waals surface area contributed by atoms with E-state index in [-0.39, 0.29) is 16.9 Å². The lowest BCUT2D eigenvalue weighted by Gasteiger charge is -2.11. The maximum absolute atomic E-state index is 13.9. The van der Waals surface area contributed by atoms with Gasteiger partial charge in [-0.15, -0.1) is 0 Å². The number of carbonyl (C=O) groups is 1. The minimum absolute atomic E-state index is 0.0349. The Morgan fingerprint density at radius 2 is 2.14 bits per heavy atom. The van der Waals surface area contributed by atoms with E-state index in [1.54, 1.807) is 18.2 Å². The van der Waals surface area contributed by atoms with E-state index in [9.17, 15) is 9.18 Å². The number of anilines is 2. The first-order chi connectivity index (χ1) is 10.0. The van der Waals surface area contributed by atoms with Crippen LogP contribution in [-0.2, 0) is 11.3 Å². The fourth-order valence-corrected chi connectivity index (χ4v) is 2.07. The Bertz CT molecular complexity index is 677. The number of benzene rings is 2. The van der Waals surface area contributed by atoms with E-state index < -0.39 is 11.8 Å². The maximum Gasteiger partial charge on any atom is 0.340 e. The van der Waals surface area contributed by atoms with Gasteiger partial charge >= 0.3 is 5.97 Å². The van der Waals surface area contributed by atoms with Crippen molar-refractivity contribution in [2.75, 3.05) is 18.2 Å². The van der Waals surface area contributed by atoms with Crippen LogP contribution in [0.15, 0.2) is 36.4 Å². The summed E-state index contributed by atoms with van der Waals surface area (Å²) in [4.78, 5) is 11.5. The fraction of sp³-hybridized carbons (Fsp3) is 0.133. The van der Waals surface area contributed by atoms with Crippen LogP contribution in [0.3, 0.4) is 0 Å². The zero-order valence-corrected chi connectivity index (χ0v) is 12.1. The topological polar surface area (TPSA) is 64.3 Å². The van der Waals surface area contributed by atoms with Crippen LogP contribution in [-0.4, -0.2) is 13.1 Å². The number of nitrogen functional groups attached to an aromatic ring is 1. The molecule has 110 valence electrons. The molecule has 21 heavy (non-hydrogen) atoms. The summed E-state index contributed by atoms with van der Waals surface area (Å²) in [5.74, 6) is -1.15. The number of methoxy groups -OCH3 is 1. The summed E-state index contributed by atoms with van der Waals surface area (Å²) in [6, 6.07) is 9.61. The lowest BCUT2D eigenvalue weighted by molar-refractivity contribution is 0.0602. The van der Waals surface area contributed by atoms with Crippen LogP contribution in [0.25, 0.3) is 0 Å². The highest BCUT2D eigenvalue weighted by Crippen LogP contribution is 2.23. The summed E-state index contributed by atoms with van der Waals surface area (Å²) < 4.78 is 18.5. The normalized spacial score (nSPS) is 10.2. The van der Waals surface area contributed by atoms with Crippen LogP contribution in [0, 0.1) is 5.82 Å².